The Balaban J connectivity index is 2.85. The van der Waals surface area contributed by atoms with Gasteiger partial charge in [-0.3, -0.25) is 4.68 Å². The van der Waals surface area contributed by atoms with Gasteiger partial charge in [0.1, 0.15) is 6.54 Å². The highest BCUT2D eigenvalue weighted by molar-refractivity contribution is 5.86. The maximum Gasteiger partial charge on any atom is 0.455 e. The van der Waals surface area contributed by atoms with Gasteiger partial charge in [-0.1, -0.05) is 0 Å². The van der Waals surface area contributed by atoms with Crippen LogP contribution < -0.4 is 0 Å². The topological polar surface area (TPSA) is 55.1 Å². The summed E-state index contributed by atoms with van der Waals surface area (Å²) in [6, 6.07) is 0. The van der Waals surface area contributed by atoms with Crippen molar-refractivity contribution in [2.75, 3.05) is 0 Å². The Morgan fingerprint density at radius 3 is 2.31 bits per heavy atom. The van der Waals surface area contributed by atoms with E-state index >= 15 is 0 Å². The summed E-state index contributed by atoms with van der Waals surface area (Å²) in [5.41, 5.74) is -0.460. The number of alkyl halides is 5. The first-order valence-corrected chi connectivity index (χ1v) is 3.84. The Labute approximate surface area is 85.3 Å². The predicted octanol–water partition coefficient (Wildman–Crippen LogP) is 1.78. The molecule has 1 heterocycles. The second-order valence-corrected chi connectivity index (χ2v) is 2.93. The molecule has 0 atom stereocenters. The van der Waals surface area contributed by atoms with Crippen molar-refractivity contribution in [3.05, 3.63) is 18.0 Å². The molecule has 0 radical (unpaired) electrons. The molecule has 0 unspecified atom stereocenters. The number of carbonyl (C=O) groups is 1. The van der Waals surface area contributed by atoms with E-state index < -0.39 is 30.2 Å². The molecule has 0 fully saturated rings. The molecule has 1 rings (SSSR count). The van der Waals surface area contributed by atoms with E-state index in [1.54, 1.807) is 0 Å². The maximum atomic E-state index is 12.5. The number of carboxylic acids is 1. The quantitative estimate of drug-likeness (QED) is 0.824. The summed E-state index contributed by atoms with van der Waals surface area (Å²) in [7, 11) is 0. The molecule has 0 amide bonds. The number of aromatic carboxylic acids is 1. The van der Waals surface area contributed by atoms with Gasteiger partial charge in [-0.15, -0.1) is 0 Å². The van der Waals surface area contributed by atoms with Gasteiger partial charge in [-0.2, -0.15) is 27.1 Å². The lowest BCUT2D eigenvalue weighted by Crippen LogP contribution is -2.40. The Morgan fingerprint density at radius 1 is 1.38 bits per heavy atom. The van der Waals surface area contributed by atoms with Crippen molar-refractivity contribution in [2.24, 2.45) is 0 Å². The van der Waals surface area contributed by atoms with Crippen molar-refractivity contribution in [3.63, 3.8) is 0 Å². The van der Waals surface area contributed by atoms with Crippen LogP contribution in [0.15, 0.2) is 12.4 Å². The molecule has 0 saturated carbocycles. The number of nitrogens with zero attached hydrogens (tertiary/aromatic N) is 2. The summed E-state index contributed by atoms with van der Waals surface area (Å²) in [5, 5.41) is 11.5. The van der Waals surface area contributed by atoms with E-state index in [1.165, 1.54) is 0 Å². The third kappa shape index (κ3) is 2.47. The van der Waals surface area contributed by atoms with Crippen molar-refractivity contribution in [3.8, 4) is 0 Å². The first kappa shape index (κ1) is 12.4. The average Bonchev–Trinajstić information content (AvgIpc) is 2.49. The fourth-order valence-corrected chi connectivity index (χ4v) is 0.854. The molecular formula is C7H5F5N2O2. The fraction of sp³-hybridized carbons (Fsp3) is 0.429. The van der Waals surface area contributed by atoms with Crippen LogP contribution >= 0.6 is 0 Å². The lowest BCUT2D eigenvalue weighted by atomic mass is 10.3. The van der Waals surface area contributed by atoms with Crippen LogP contribution in [0.1, 0.15) is 10.4 Å². The summed E-state index contributed by atoms with van der Waals surface area (Å²) in [6.45, 7) is -1.75. The van der Waals surface area contributed by atoms with E-state index in [0.717, 1.165) is 0 Å². The third-order valence-corrected chi connectivity index (χ3v) is 1.66. The Bertz CT molecular complexity index is 398. The van der Waals surface area contributed by atoms with Gasteiger partial charge in [-0.25, -0.2) is 4.79 Å². The number of hydrogen-bond donors (Lipinski definition) is 1. The van der Waals surface area contributed by atoms with E-state index in [-0.39, 0.29) is 4.68 Å². The van der Waals surface area contributed by atoms with Crippen molar-refractivity contribution >= 4 is 5.97 Å². The zero-order chi connectivity index (χ0) is 12.6. The largest absolute Gasteiger partial charge is 0.478 e. The molecule has 0 bridgehead atoms. The SMILES string of the molecule is O=C(O)c1cnn(CC(F)(F)C(F)(F)F)c1. The van der Waals surface area contributed by atoms with Gasteiger partial charge in [0.2, 0.25) is 0 Å². The molecule has 0 saturated heterocycles. The molecule has 0 aliphatic carbocycles. The highest BCUT2D eigenvalue weighted by Gasteiger charge is 2.57. The molecule has 0 aliphatic rings. The minimum absolute atomic E-state index is 0.233. The first-order valence-electron chi connectivity index (χ1n) is 3.84. The van der Waals surface area contributed by atoms with Crippen molar-refractivity contribution < 1.29 is 31.9 Å². The number of rotatable bonds is 3. The van der Waals surface area contributed by atoms with Crippen LogP contribution in [0.5, 0.6) is 0 Å². The highest BCUT2D eigenvalue weighted by Crippen LogP contribution is 2.36. The van der Waals surface area contributed by atoms with Crippen LogP contribution in [-0.4, -0.2) is 33.0 Å². The molecule has 4 nitrogen and oxygen atoms in total. The van der Waals surface area contributed by atoms with Crippen LogP contribution in [0.2, 0.25) is 0 Å². The molecule has 1 N–H and O–H groups in total. The van der Waals surface area contributed by atoms with Crippen molar-refractivity contribution in [1.29, 1.82) is 0 Å². The van der Waals surface area contributed by atoms with Gasteiger partial charge in [0.25, 0.3) is 0 Å². The molecule has 1 aromatic heterocycles. The average molecular weight is 244 g/mol. The summed E-state index contributed by atoms with van der Waals surface area (Å²) in [6.07, 6.45) is -4.40. The lowest BCUT2D eigenvalue weighted by molar-refractivity contribution is -0.287. The summed E-state index contributed by atoms with van der Waals surface area (Å²) >= 11 is 0. The van der Waals surface area contributed by atoms with E-state index in [9.17, 15) is 26.7 Å². The maximum absolute atomic E-state index is 12.5. The molecule has 0 aromatic carbocycles. The molecule has 9 heteroatoms. The molecular weight excluding hydrogens is 239 g/mol. The van der Waals surface area contributed by atoms with Crippen molar-refractivity contribution in [2.45, 2.75) is 18.6 Å². The van der Waals surface area contributed by atoms with Gasteiger partial charge in [0, 0.05) is 6.20 Å². The third-order valence-electron chi connectivity index (χ3n) is 1.66. The Kier molecular flexibility index (Phi) is 2.89. The zero-order valence-electron chi connectivity index (χ0n) is 7.50. The van der Waals surface area contributed by atoms with E-state index in [1.807, 2.05) is 0 Å². The van der Waals surface area contributed by atoms with Crippen LogP contribution in [0.4, 0.5) is 22.0 Å². The van der Waals surface area contributed by atoms with E-state index in [4.69, 9.17) is 5.11 Å². The van der Waals surface area contributed by atoms with Gasteiger partial charge in [-0.05, 0) is 0 Å². The Morgan fingerprint density at radius 2 is 1.94 bits per heavy atom. The summed E-state index contributed by atoms with van der Waals surface area (Å²) in [5.74, 6) is -6.41. The highest BCUT2D eigenvalue weighted by atomic mass is 19.4. The number of halogens is 5. The minimum Gasteiger partial charge on any atom is -0.478 e. The van der Waals surface area contributed by atoms with Gasteiger partial charge in [0.05, 0.1) is 11.8 Å². The van der Waals surface area contributed by atoms with Crippen LogP contribution in [0, 0.1) is 0 Å². The molecule has 0 spiro atoms. The second-order valence-electron chi connectivity index (χ2n) is 2.93. The fourth-order valence-electron chi connectivity index (χ4n) is 0.854. The molecule has 16 heavy (non-hydrogen) atoms. The minimum atomic E-state index is -5.69. The monoisotopic (exact) mass is 244 g/mol. The van der Waals surface area contributed by atoms with Gasteiger partial charge < -0.3 is 5.11 Å². The van der Waals surface area contributed by atoms with Gasteiger partial charge >= 0.3 is 18.1 Å². The Hall–Kier alpha value is -1.67. The number of carboxylic acid groups (broad SMARTS) is 1. The van der Waals surface area contributed by atoms with Crippen LogP contribution in [0.25, 0.3) is 0 Å². The lowest BCUT2D eigenvalue weighted by Gasteiger charge is -2.19. The zero-order valence-corrected chi connectivity index (χ0v) is 7.50. The van der Waals surface area contributed by atoms with E-state index in [0.29, 0.717) is 12.4 Å². The van der Waals surface area contributed by atoms with Crippen LogP contribution in [0.3, 0.4) is 0 Å². The number of hydrogen-bond acceptors (Lipinski definition) is 2. The molecule has 0 aliphatic heterocycles. The normalized spacial score (nSPS) is 12.8. The summed E-state index contributed by atoms with van der Waals surface area (Å²) in [4.78, 5) is 10.3. The first-order chi connectivity index (χ1) is 7.13. The smallest absolute Gasteiger partial charge is 0.455 e. The van der Waals surface area contributed by atoms with E-state index in [2.05, 4.69) is 5.10 Å². The van der Waals surface area contributed by atoms with Crippen LogP contribution in [-0.2, 0) is 6.54 Å². The van der Waals surface area contributed by atoms with Gasteiger partial charge in [0.15, 0.2) is 0 Å². The second kappa shape index (κ2) is 3.72. The van der Waals surface area contributed by atoms with Crippen molar-refractivity contribution in [1.82, 2.24) is 9.78 Å². The number of aromatic nitrogens is 2. The molecule has 90 valence electrons. The predicted molar refractivity (Wildman–Crippen MR) is 40.2 cm³/mol. The standard InChI is InChI=1S/C7H5F5N2O2/c8-6(9,7(10,11)12)3-14-2-4(1-13-14)5(15)16/h1-2H,3H2,(H,15,16). The molecule has 1 aromatic rings. The summed E-state index contributed by atoms with van der Waals surface area (Å²) < 4.78 is 60.6.